The Kier molecular flexibility index (Phi) is 12.0. The Morgan fingerprint density at radius 3 is 1.86 bits per heavy atom. The number of carbonyl (C=O) groups excluding carboxylic acids is 1. The van der Waals surface area contributed by atoms with E-state index in [1.165, 1.54) is 51.4 Å². The minimum atomic E-state index is 0.532. The minimum absolute atomic E-state index is 0.532. The van der Waals surface area contributed by atoms with Crippen LogP contribution in [0.3, 0.4) is 0 Å². The smallest absolute Gasteiger partial charge is 0.293 e. The number of hydrogen-bond acceptors (Lipinski definition) is 2. The molecule has 14 heavy (non-hydrogen) atoms. The van der Waals surface area contributed by atoms with E-state index in [0.29, 0.717) is 13.1 Å². The fourth-order valence-electron chi connectivity index (χ4n) is 1.54. The average Bonchev–Trinajstić information content (AvgIpc) is 2.21. The highest BCUT2D eigenvalue weighted by Crippen LogP contribution is 2.09. The highest BCUT2D eigenvalue weighted by molar-refractivity contribution is 5.36. The van der Waals surface area contributed by atoms with Crippen LogP contribution in [-0.2, 0) is 9.53 Å². The van der Waals surface area contributed by atoms with Crippen molar-refractivity contribution in [3.05, 3.63) is 0 Å². The number of carbonyl (C=O) groups is 1. The quantitative estimate of drug-likeness (QED) is 0.375. The lowest BCUT2D eigenvalue weighted by atomic mass is 10.1. The summed E-state index contributed by atoms with van der Waals surface area (Å²) in [4.78, 5) is 9.82. The molecule has 2 nitrogen and oxygen atoms in total. The molecule has 0 saturated heterocycles. The van der Waals surface area contributed by atoms with E-state index in [1.807, 2.05) is 0 Å². The molecule has 0 fully saturated rings. The second kappa shape index (κ2) is 12.5. The predicted octanol–water partition coefficient (Wildman–Crippen LogP) is 3.69. The van der Waals surface area contributed by atoms with Gasteiger partial charge in [0.25, 0.3) is 6.47 Å². The van der Waals surface area contributed by atoms with Crippen molar-refractivity contribution in [3.63, 3.8) is 0 Å². The van der Waals surface area contributed by atoms with Gasteiger partial charge in [-0.2, -0.15) is 0 Å². The Labute approximate surface area is 88.0 Å². The largest absolute Gasteiger partial charge is 0.468 e. The van der Waals surface area contributed by atoms with Crippen LogP contribution in [-0.4, -0.2) is 13.1 Å². The molecular formula is C12H24O2. The van der Waals surface area contributed by atoms with Crippen molar-refractivity contribution in [1.29, 1.82) is 0 Å². The number of rotatable bonds is 11. The van der Waals surface area contributed by atoms with Crippen LogP contribution in [0.4, 0.5) is 0 Å². The average molecular weight is 200 g/mol. The zero-order valence-electron chi connectivity index (χ0n) is 9.46. The van der Waals surface area contributed by atoms with Crippen LogP contribution in [0.5, 0.6) is 0 Å². The SMILES string of the molecule is CCCCCCCCCCCOC=O. The minimum Gasteiger partial charge on any atom is -0.468 e. The van der Waals surface area contributed by atoms with Crippen molar-refractivity contribution in [2.75, 3.05) is 6.61 Å². The van der Waals surface area contributed by atoms with Crippen LogP contribution in [0.2, 0.25) is 0 Å². The maximum absolute atomic E-state index is 9.82. The van der Waals surface area contributed by atoms with Crippen molar-refractivity contribution in [2.45, 2.75) is 64.7 Å². The van der Waals surface area contributed by atoms with E-state index in [4.69, 9.17) is 0 Å². The van der Waals surface area contributed by atoms with E-state index in [-0.39, 0.29) is 0 Å². The van der Waals surface area contributed by atoms with Gasteiger partial charge in [-0.1, -0.05) is 58.3 Å². The van der Waals surface area contributed by atoms with Crippen LogP contribution in [0.1, 0.15) is 64.7 Å². The zero-order chi connectivity index (χ0) is 10.5. The molecule has 0 aromatic carbocycles. The molecule has 0 aromatic rings. The molecule has 0 atom stereocenters. The van der Waals surface area contributed by atoms with Crippen molar-refractivity contribution < 1.29 is 9.53 Å². The van der Waals surface area contributed by atoms with Crippen LogP contribution in [0, 0.1) is 0 Å². The number of unbranched alkanes of at least 4 members (excludes halogenated alkanes) is 8. The second-order valence-electron chi connectivity index (χ2n) is 3.80. The number of ether oxygens (including phenoxy) is 1. The zero-order valence-corrected chi connectivity index (χ0v) is 9.46. The molecule has 0 aliphatic rings. The lowest BCUT2D eigenvalue weighted by molar-refractivity contribution is -0.128. The van der Waals surface area contributed by atoms with Gasteiger partial charge in [-0.05, 0) is 6.42 Å². The normalized spacial score (nSPS) is 10.1. The molecule has 0 aromatic heterocycles. The van der Waals surface area contributed by atoms with Crippen molar-refractivity contribution >= 4 is 6.47 Å². The van der Waals surface area contributed by atoms with Gasteiger partial charge in [0, 0.05) is 0 Å². The molecule has 0 amide bonds. The standard InChI is InChI=1S/C12H24O2/c1-2-3-4-5-6-7-8-9-10-11-14-12-13/h12H,2-11H2,1H3. The van der Waals surface area contributed by atoms with Gasteiger partial charge in [-0.15, -0.1) is 0 Å². The first kappa shape index (κ1) is 13.5. The monoisotopic (exact) mass is 200 g/mol. The van der Waals surface area contributed by atoms with Crippen molar-refractivity contribution in [1.82, 2.24) is 0 Å². The topological polar surface area (TPSA) is 26.3 Å². The Hall–Kier alpha value is -0.530. The van der Waals surface area contributed by atoms with Gasteiger partial charge in [0.15, 0.2) is 0 Å². The van der Waals surface area contributed by atoms with E-state index in [1.54, 1.807) is 0 Å². The van der Waals surface area contributed by atoms with Gasteiger partial charge in [-0.25, -0.2) is 0 Å². The molecule has 0 aliphatic carbocycles. The summed E-state index contributed by atoms with van der Waals surface area (Å²) in [6.07, 6.45) is 11.7. The van der Waals surface area contributed by atoms with Gasteiger partial charge in [0.1, 0.15) is 0 Å². The molecule has 0 bridgehead atoms. The van der Waals surface area contributed by atoms with E-state index in [2.05, 4.69) is 11.7 Å². The first-order chi connectivity index (χ1) is 6.91. The van der Waals surface area contributed by atoms with Gasteiger partial charge < -0.3 is 4.74 Å². The van der Waals surface area contributed by atoms with Crippen molar-refractivity contribution in [3.8, 4) is 0 Å². The predicted molar refractivity (Wildman–Crippen MR) is 59.2 cm³/mol. The van der Waals surface area contributed by atoms with Crippen LogP contribution >= 0.6 is 0 Å². The summed E-state index contributed by atoms with van der Waals surface area (Å²) >= 11 is 0. The molecular weight excluding hydrogens is 176 g/mol. The summed E-state index contributed by atoms with van der Waals surface area (Å²) in [5.41, 5.74) is 0. The molecule has 0 unspecified atom stereocenters. The second-order valence-corrected chi connectivity index (χ2v) is 3.80. The summed E-state index contributed by atoms with van der Waals surface area (Å²) in [6.45, 7) is 3.37. The Bertz CT molecular complexity index is 113. The summed E-state index contributed by atoms with van der Waals surface area (Å²) < 4.78 is 4.61. The van der Waals surface area contributed by atoms with Gasteiger partial charge in [-0.3, -0.25) is 4.79 Å². The Morgan fingerprint density at radius 1 is 0.857 bits per heavy atom. The third-order valence-electron chi connectivity index (χ3n) is 2.43. The van der Waals surface area contributed by atoms with E-state index >= 15 is 0 Å². The molecule has 0 rings (SSSR count). The first-order valence-corrected chi connectivity index (χ1v) is 5.97. The van der Waals surface area contributed by atoms with E-state index < -0.39 is 0 Å². The third-order valence-corrected chi connectivity index (χ3v) is 2.43. The van der Waals surface area contributed by atoms with E-state index in [0.717, 1.165) is 6.42 Å². The van der Waals surface area contributed by atoms with E-state index in [9.17, 15) is 4.79 Å². The molecule has 0 aliphatic heterocycles. The fourth-order valence-corrected chi connectivity index (χ4v) is 1.54. The maximum atomic E-state index is 9.82. The Morgan fingerprint density at radius 2 is 1.36 bits per heavy atom. The van der Waals surface area contributed by atoms with Crippen molar-refractivity contribution in [2.24, 2.45) is 0 Å². The molecule has 0 spiro atoms. The van der Waals surface area contributed by atoms with Crippen LogP contribution < -0.4 is 0 Å². The third kappa shape index (κ3) is 11.5. The van der Waals surface area contributed by atoms with Crippen LogP contribution in [0.25, 0.3) is 0 Å². The van der Waals surface area contributed by atoms with Crippen LogP contribution in [0.15, 0.2) is 0 Å². The molecule has 0 saturated carbocycles. The summed E-state index contributed by atoms with van der Waals surface area (Å²) in [7, 11) is 0. The molecule has 84 valence electrons. The highest BCUT2D eigenvalue weighted by Gasteiger charge is 1.91. The molecule has 0 heterocycles. The maximum Gasteiger partial charge on any atom is 0.293 e. The summed E-state index contributed by atoms with van der Waals surface area (Å²) in [5, 5.41) is 0. The summed E-state index contributed by atoms with van der Waals surface area (Å²) in [6, 6.07) is 0. The molecule has 0 N–H and O–H groups in total. The number of hydrogen-bond donors (Lipinski definition) is 0. The Balaban J connectivity index is 2.81. The lowest BCUT2D eigenvalue weighted by Crippen LogP contribution is -1.91. The summed E-state index contributed by atoms with van der Waals surface area (Å²) in [5.74, 6) is 0. The molecule has 2 heteroatoms. The van der Waals surface area contributed by atoms with Gasteiger partial charge in [0.2, 0.25) is 0 Å². The highest BCUT2D eigenvalue weighted by atomic mass is 16.5. The van der Waals surface area contributed by atoms with Gasteiger partial charge in [0.05, 0.1) is 6.61 Å². The fraction of sp³-hybridized carbons (Fsp3) is 0.917. The first-order valence-electron chi connectivity index (χ1n) is 5.97. The van der Waals surface area contributed by atoms with Gasteiger partial charge >= 0.3 is 0 Å². The molecule has 0 radical (unpaired) electrons. The lowest BCUT2D eigenvalue weighted by Gasteiger charge is -2.01.